The molecule has 1 aliphatic carbocycles. The Hall–Kier alpha value is -2.64. The molecular formula is C20H27N5O3. The predicted molar refractivity (Wildman–Crippen MR) is 104 cm³/mol. The molecule has 28 heavy (non-hydrogen) atoms. The summed E-state index contributed by atoms with van der Waals surface area (Å²) in [5.74, 6) is 1.40. The molecule has 8 heteroatoms. The van der Waals surface area contributed by atoms with Crippen LogP contribution in [0.1, 0.15) is 66.7 Å². The summed E-state index contributed by atoms with van der Waals surface area (Å²) in [5.41, 5.74) is 0.477. The number of methoxy groups -OCH3 is 1. The number of likely N-dealkylation sites (tertiary alicyclic amines) is 1. The van der Waals surface area contributed by atoms with Gasteiger partial charge < -0.3 is 9.64 Å². The molecule has 3 heterocycles. The Balaban J connectivity index is 1.50. The molecule has 2 fully saturated rings. The summed E-state index contributed by atoms with van der Waals surface area (Å²) in [6, 6.07) is 3.77. The standard InChI is InChI=1S/C20H27N5O3/c1-23-20(27)25(15-6-3-4-7-15)17(22-23)14-9-12-24(13-10-14)19(26)16-8-5-11-21-18(16)28-2/h5,8,11,14-15H,3-4,6-7,9-10,12-13H2,1-2H3. The lowest BCUT2D eigenvalue weighted by Gasteiger charge is -2.32. The van der Waals surface area contributed by atoms with Crippen LogP contribution < -0.4 is 10.4 Å². The van der Waals surface area contributed by atoms with Crippen LogP contribution in [0.2, 0.25) is 0 Å². The van der Waals surface area contributed by atoms with Crippen molar-refractivity contribution in [2.24, 2.45) is 7.05 Å². The van der Waals surface area contributed by atoms with E-state index < -0.39 is 0 Å². The largest absolute Gasteiger partial charge is 0.480 e. The molecule has 1 saturated carbocycles. The highest BCUT2D eigenvalue weighted by atomic mass is 16.5. The summed E-state index contributed by atoms with van der Waals surface area (Å²) in [6.45, 7) is 1.27. The van der Waals surface area contributed by atoms with E-state index >= 15 is 0 Å². The molecule has 2 aromatic rings. The number of aromatic nitrogens is 4. The maximum absolute atomic E-state index is 12.9. The monoisotopic (exact) mass is 385 g/mol. The molecular weight excluding hydrogens is 358 g/mol. The number of piperidine rings is 1. The van der Waals surface area contributed by atoms with Crippen LogP contribution in [0.15, 0.2) is 23.1 Å². The normalized spacial score (nSPS) is 18.6. The maximum Gasteiger partial charge on any atom is 0.345 e. The first-order valence-electron chi connectivity index (χ1n) is 10.0. The van der Waals surface area contributed by atoms with Crippen LogP contribution in [0.5, 0.6) is 5.88 Å². The molecule has 0 aromatic carbocycles. The van der Waals surface area contributed by atoms with Crippen LogP contribution in [0.25, 0.3) is 0 Å². The van der Waals surface area contributed by atoms with E-state index in [1.165, 1.54) is 24.6 Å². The summed E-state index contributed by atoms with van der Waals surface area (Å²) in [6.07, 6.45) is 7.67. The minimum atomic E-state index is -0.0578. The quantitative estimate of drug-likeness (QED) is 0.805. The molecule has 8 nitrogen and oxygen atoms in total. The molecule has 1 amide bonds. The number of rotatable bonds is 4. The van der Waals surface area contributed by atoms with Crippen molar-refractivity contribution in [3.8, 4) is 5.88 Å². The SMILES string of the molecule is COc1ncccc1C(=O)N1CCC(c2nn(C)c(=O)n2C2CCCC2)CC1. The van der Waals surface area contributed by atoms with E-state index in [1.807, 2.05) is 9.47 Å². The van der Waals surface area contributed by atoms with Gasteiger partial charge in [-0.15, -0.1) is 0 Å². The van der Waals surface area contributed by atoms with Crippen molar-refractivity contribution < 1.29 is 9.53 Å². The Kier molecular flexibility index (Phi) is 5.19. The predicted octanol–water partition coefficient (Wildman–Crippen LogP) is 2.12. The van der Waals surface area contributed by atoms with Gasteiger partial charge >= 0.3 is 5.69 Å². The number of hydrogen-bond acceptors (Lipinski definition) is 5. The second-order valence-electron chi connectivity index (χ2n) is 7.70. The average molecular weight is 385 g/mol. The first-order valence-corrected chi connectivity index (χ1v) is 10.0. The molecule has 0 atom stereocenters. The van der Waals surface area contributed by atoms with Crippen molar-refractivity contribution in [3.05, 3.63) is 40.2 Å². The second kappa shape index (κ2) is 7.77. The number of aryl methyl sites for hydroxylation is 1. The van der Waals surface area contributed by atoms with Crippen molar-refractivity contribution in [2.45, 2.75) is 50.5 Å². The van der Waals surface area contributed by atoms with E-state index in [9.17, 15) is 9.59 Å². The number of ether oxygens (including phenoxy) is 1. The minimum absolute atomic E-state index is 0.0134. The van der Waals surface area contributed by atoms with E-state index in [1.54, 1.807) is 25.4 Å². The van der Waals surface area contributed by atoms with E-state index in [2.05, 4.69) is 10.1 Å². The molecule has 0 spiro atoms. The minimum Gasteiger partial charge on any atom is -0.480 e. The first-order chi connectivity index (χ1) is 13.6. The van der Waals surface area contributed by atoms with Gasteiger partial charge in [0.2, 0.25) is 5.88 Å². The van der Waals surface area contributed by atoms with Crippen molar-refractivity contribution >= 4 is 5.91 Å². The van der Waals surface area contributed by atoms with Crippen LogP contribution in [-0.4, -0.2) is 50.3 Å². The topological polar surface area (TPSA) is 82.2 Å². The zero-order chi connectivity index (χ0) is 19.7. The molecule has 0 bridgehead atoms. The van der Waals surface area contributed by atoms with Crippen molar-refractivity contribution in [1.29, 1.82) is 0 Å². The van der Waals surface area contributed by atoms with Gasteiger partial charge in [0.05, 0.1) is 7.11 Å². The molecule has 0 N–H and O–H groups in total. The fourth-order valence-electron chi connectivity index (χ4n) is 4.51. The van der Waals surface area contributed by atoms with Gasteiger partial charge in [-0.05, 0) is 37.8 Å². The Morgan fingerprint density at radius 3 is 2.57 bits per heavy atom. The lowest BCUT2D eigenvalue weighted by molar-refractivity contribution is 0.0705. The highest BCUT2D eigenvalue weighted by molar-refractivity contribution is 5.96. The Morgan fingerprint density at radius 1 is 1.18 bits per heavy atom. The van der Waals surface area contributed by atoms with Gasteiger partial charge in [-0.2, -0.15) is 5.10 Å². The van der Waals surface area contributed by atoms with E-state index in [-0.39, 0.29) is 23.6 Å². The van der Waals surface area contributed by atoms with Gasteiger partial charge in [0.25, 0.3) is 5.91 Å². The van der Waals surface area contributed by atoms with Crippen molar-refractivity contribution in [1.82, 2.24) is 24.2 Å². The first kappa shape index (κ1) is 18.7. The highest BCUT2D eigenvalue weighted by Crippen LogP contribution is 2.34. The molecule has 2 aliphatic rings. The fraction of sp³-hybridized carbons (Fsp3) is 0.600. The van der Waals surface area contributed by atoms with Gasteiger partial charge in [-0.1, -0.05) is 12.8 Å². The van der Waals surface area contributed by atoms with Crippen LogP contribution in [0.3, 0.4) is 0 Å². The molecule has 0 unspecified atom stereocenters. The molecule has 2 aromatic heterocycles. The summed E-state index contributed by atoms with van der Waals surface area (Å²) in [4.78, 5) is 31.5. The number of carbonyl (C=O) groups excluding carboxylic acids is 1. The number of carbonyl (C=O) groups is 1. The van der Waals surface area contributed by atoms with Gasteiger partial charge in [-0.25, -0.2) is 14.5 Å². The third-order valence-electron chi connectivity index (χ3n) is 6.01. The van der Waals surface area contributed by atoms with Crippen molar-refractivity contribution in [2.75, 3.05) is 20.2 Å². The van der Waals surface area contributed by atoms with Crippen LogP contribution >= 0.6 is 0 Å². The highest BCUT2D eigenvalue weighted by Gasteiger charge is 2.32. The Bertz CT molecular complexity index is 905. The lowest BCUT2D eigenvalue weighted by atomic mass is 9.95. The second-order valence-corrected chi connectivity index (χ2v) is 7.70. The molecule has 150 valence electrons. The molecule has 1 saturated heterocycles. The third-order valence-corrected chi connectivity index (χ3v) is 6.01. The average Bonchev–Trinajstić information content (AvgIpc) is 3.36. The van der Waals surface area contributed by atoms with Gasteiger partial charge in [0.1, 0.15) is 11.4 Å². The Morgan fingerprint density at radius 2 is 1.89 bits per heavy atom. The Labute approximate surface area is 164 Å². The zero-order valence-corrected chi connectivity index (χ0v) is 16.5. The molecule has 4 rings (SSSR count). The van der Waals surface area contributed by atoms with Gasteiger partial charge in [-0.3, -0.25) is 9.36 Å². The van der Waals surface area contributed by atoms with Gasteiger partial charge in [0.15, 0.2) is 0 Å². The van der Waals surface area contributed by atoms with E-state index in [4.69, 9.17) is 4.74 Å². The summed E-state index contributed by atoms with van der Waals surface area (Å²) in [5, 5.41) is 4.57. The zero-order valence-electron chi connectivity index (χ0n) is 16.5. The number of nitrogens with zero attached hydrogens (tertiary/aromatic N) is 5. The van der Waals surface area contributed by atoms with E-state index in [0.29, 0.717) is 24.5 Å². The van der Waals surface area contributed by atoms with Crippen LogP contribution in [-0.2, 0) is 7.05 Å². The smallest absolute Gasteiger partial charge is 0.345 e. The van der Waals surface area contributed by atoms with Crippen LogP contribution in [0, 0.1) is 0 Å². The summed E-state index contributed by atoms with van der Waals surface area (Å²) < 4.78 is 8.62. The van der Waals surface area contributed by atoms with E-state index in [0.717, 1.165) is 31.5 Å². The summed E-state index contributed by atoms with van der Waals surface area (Å²) >= 11 is 0. The summed E-state index contributed by atoms with van der Waals surface area (Å²) in [7, 11) is 3.25. The van der Waals surface area contributed by atoms with Crippen LogP contribution in [0.4, 0.5) is 0 Å². The van der Waals surface area contributed by atoms with Crippen molar-refractivity contribution in [3.63, 3.8) is 0 Å². The fourth-order valence-corrected chi connectivity index (χ4v) is 4.51. The number of pyridine rings is 1. The number of hydrogen-bond donors (Lipinski definition) is 0. The number of amides is 1. The molecule has 1 aliphatic heterocycles. The molecule has 0 radical (unpaired) electrons. The van der Waals surface area contributed by atoms with Gasteiger partial charge in [0, 0.05) is 38.3 Å². The lowest BCUT2D eigenvalue weighted by Crippen LogP contribution is -2.39. The maximum atomic E-state index is 12.9. The third kappa shape index (κ3) is 3.31.